The van der Waals surface area contributed by atoms with Gasteiger partial charge in [-0.25, -0.2) is 0 Å². The second-order valence-corrected chi connectivity index (χ2v) is 3.89. The normalized spacial score (nSPS) is 12.9. The quantitative estimate of drug-likeness (QED) is 0.817. The zero-order valence-electron chi connectivity index (χ0n) is 8.20. The van der Waals surface area contributed by atoms with Crippen LogP contribution < -0.4 is 0 Å². The van der Waals surface area contributed by atoms with Crippen LogP contribution in [0.3, 0.4) is 0 Å². The largest absolute Gasteiger partial charge is 0.385 e. The number of carbonyl (C=O) groups is 1. The number of aromatic nitrogens is 2. The first kappa shape index (κ1) is 11.4. The molecule has 0 radical (unpaired) electrons. The number of aryl methyl sites for hydroxylation is 2. The van der Waals surface area contributed by atoms with Crippen LogP contribution in [-0.2, 0) is 24.7 Å². The number of rotatable bonds is 4. The second-order valence-electron chi connectivity index (χ2n) is 3.09. The Morgan fingerprint density at radius 2 is 2.36 bits per heavy atom. The average Bonchev–Trinajstić information content (AvgIpc) is 2.44. The van der Waals surface area contributed by atoms with Gasteiger partial charge in [0.25, 0.3) is 0 Å². The highest BCUT2D eigenvalue weighted by molar-refractivity contribution is 9.10. The van der Waals surface area contributed by atoms with E-state index in [1.807, 2.05) is 6.92 Å². The third kappa shape index (κ3) is 2.22. The van der Waals surface area contributed by atoms with Crippen molar-refractivity contribution in [1.82, 2.24) is 9.78 Å². The number of aliphatic hydroxyl groups excluding tert-OH is 1. The Kier molecular flexibility index (Phi) is 3.83. The minimum Gasteiger partial charge on any atom is -0.385 e. The monoisotopic (exact) mass is 260 g/mol. The molecule has 5 heteroatoms. The summed E-state index contributed by atoms with van der Waals surface area (Å²) in [6.07, 6.45) is 0.705. The van der Waals surface area contributed by atoms with Gasteiger partial charge in [-0.2, -0.15) is 5.10 Å². The minimum atomic E-state index is -0.952. The molecule has 0 spiro atoms. The van der Waals surface area contributed by atoms with Crippen molar-refractivity contribution in [3.05, 3.63) is 15.9 Å². The van der Waals surface area contributed by atoms with E-state index in [4.69, 9.17) is 0 Å². The highest BCUT2D eigenvalue weighted by Crippen LogP contribution is 2.22. The zero-order chi connectivity index (χ0) is 10.7. The van der Waals surface area contributed by atoms with E-state index in [9.17, 15) is 9.90 Å². The predicted octanol–water partition coefficient (Wildman–Crippen LogP) is 0.847. The van der Waals surface area contributed by atoms with Crippen LogP contribution in [0.4, 0.5) is 0 Å². The fraction of sp³-hybridized carbons (Fsp3) is 0.556. The SMILES string of the molecule is CCc1nn(C)c(CC(O)C=O)c1Br. The molecule has 1 heterocycles. The fourth-order valence-electron chi connectivity index (χ4n) is 1.29. The summed E-state index contributed by atoms with van der Waals surface area (Å²) in [7, 11) is 1.80. The number of hydrogen-bond acceptors (Lipinski definition) is 3. The molecule has 4 nitrogen and oxygen atoms in total. The first-order chi connectivity index (χ1) is 6.60. The molecule has 1 N–H and O–H groups in total. The Hall–Kier alpha value is -0.680. The van der Waals surface area contributed by atoms with Gasteiger partial charge in [-0.1, -0.05) is 6.92 Å². The molecule has 0 amide bonds. The zero-order valence-corrected chi connectivity index (χ0v) is 9.78. The minimum absolute atomic E-state index is 0.299. The van der Waals surface area contributed by atoms with E-state index in [0.717, 1.165) is 22.3 Å². The summed E-state index contributed by atoms with van der Waals surface area (Å²) >= 11 is 3.41. The van der Waals surface area contributed by atoms with Crippen molar-refractivity contribution in [2.24, 2.45) is 7.05 Å². The molecular weight excluding hydrogens is 248 g/mol. The van der Waals surface area contributed by atoms with Gasteiger partial charge >= 0.3 is 0 Å². The number of halogens is 1. The molecule has 1 aromatic heterocycles. The Bertz CT molecular complexity index is 336. The van der Waals surface area contributed by atoms with Crippen LogP contribution in [0.25, 0.3) is 0 Å². The maximum atomic E-state index is 10.3. The van der Waals surface area contributed by atoms with Crippen molar-refractivity contribution in [2.45, 2.75) is 25.9 Å². The van der Waals surface area contributed by atoms with Crippen molar-refractivity contribution in [3.8, 4) is 0 Å². The molecule has 1 unspecified atom stereocenters. The van der Waals surface area contributed by atoms with Crippen LogP contribution in [0.1, 0.15) is 18.3 Å². The van der Waals surface area contributed by atoms with Crippen LogP contribution in [0.2, 0.25) is 0 Å². The van der Waals surface area contributed by atoms with E-state index in [1.54, 1.807) is 11.7 Å². The van der Waals surface area contributed by atoms with Gasteiger partial charge in [0.2, 0.25) is 0 Å². The summed E-state index contributed by atoms with van der Waals surface area (Å²) < 4.78 is 2.58. The molecule has 1 rings (SSSR count). The van der Waals surface area contributed by atoms with Crippen molar-refractivity contribution < 1.29 is 9.90 Å². The lowest BCUT2D eigenvalue weighted by molar-refractivity contribution is -0.114. The average molecular weight is 261 g/mol. The lowest BCUT2D eigenvalue weighted by Gasteiger charge is -2.03. The van der Waals surface area contributed by atoms with Crippen LogP contribution in [0.15, 0.2) is 4.47 Å². The topological polar surface area (TPSA) is 55.1 Å². The van der Waals surface area contributed by atoms with Gasteiger partial charge in [-0.15, -0.1) is 0 Å². The summed E-state index contributed by atoms with van der Waals surface area (Å²) in [5.74, 6) is 0. The molecule has 0 saturated carbocycles. The van der Waals surface area contributed by atoms with Gasteiger partial charge in [0.15, 0.2) is 0 Å². The molecule has 0 aliphatic carbocycles. The van der Waals surface area contributed by atoms with E-state index in [1.165, 1.54) is 0 Å². The summed E-state index contributed by atoms with van der Waals surface area (Å²) in [6.45, 7) is 2.01. The highest BCUT2D eigenvalue weighted by Gasteiger charge is 2.15. The van der Waals surface area contributed by atoms with Crippen LogP contribution >= 0.6 is 15.9 Å². The van der Waals surface area contributed by atoms with E-state index >= 15 is 0 Å². The summed E-state index contributed by atoms with van der Waals surface area (Å²) in [6, 6.07) is 0. The van der Waals surface area contributed by atoms with E-state index in [-0.39, 0.29) is 0 Å². The molecule has 0 fully saturated rings. The van der Waals surface area contributed by atoms with Gasteiger partial charge in [0, 0.05) is 13.5 Å². The number of aliphatic hydroxyl groups is 1. The maximum absolute atomic E-state index is 10.3. The number of aldehydes is 1. The summed E-state index contributed by atoms with van der Waals surface area (Å²) in [5.41, 5.74) is 1.79. The van der Waals surface area contributed by atoms with Crippen molar-refractivity contribution in [3.63, 3.8) is 0 Å². The Morgan fingerprint density at radius 1 is 1.71 bits per heavy atom. The van der Waals surface area contributed by atoms with E-state index in [2.05, 4.69) is 21.0 Å². The molecule has 0 aliphatic rings. The van der Waals surface area contributed by atoms with E-state index in [0.29, 0.717) is 12.7 Å². The fourth-order valence-corrected chi connectivity index (χ4v) is 2.07. The molecule has 0 aromatic carbocycles. The van der Waals surface area contributed by atoms with E-state index < -0.39 is 6.10 Å². The molecule has 0 bridgehead atoms. The smallest absolute Gasteiger partial charge is 0.148 e. The van der Waals surface area contributed by atoms with Gasteiger partial charge in [0.05, 0.1) is 15.9 Å². The third-order valence-corrected chi connectivity index (χ3v) is 2.98. The van der Waals surface area contributed by atoms with Crippen LogP contribution in [0, 0.1) is 0 Å². The predicted molar refractivity (Wildman–Crippen MR) is 56.1 cm³/mol. The van der Waals surface area contributed by atoms with Crippen LogP contribution in [0.5, 0.6) is 0 Å². The first-order valence-corrected chi connectivity index (χ1v) is 5.23. The maximum Gasteiger partial charge on any atom is 0.148 e. The Balaban J connectivity index is 2.96. The van der Waals surface area contributed by atoms with Gasteiger partial charge < -0.3 is 9.90 Å². The molecule has 0 aliphatic heterocycles. The molecule has 1 aromatic rings. The first-order valence-electron chi connectivity index (χ1n) is 4.43. The summed E-state index contributed by atoms with van der Waals surface area (Å²) in [5, 5.41) is 13.5. The van der Waals surface area contributed by atoms with Gasteiger partial charge in [0.1, 0.15) is 12.4 Å². The standard InChI is InChI=1S/C9H13BrN2O2/c1-3-7-9(10)8(12(2)11-7)4-6(14)5-13/h5-6,14H,3-4H2,1-2H3. The molecule has 1 atom stereocenters. The summed E-state index contributed by atoms with van der Waals surface area (Å²) in [4.78, 5) is 10.3. The molecule has 78 valence electrons. The molecular formula is C9H13BrN2O2. The van der Waals surface area contributed by atoms with Gasteiger partial charge in [-0.3, -0.25) is 4.68 Å². The highest BCUT2D eigenvalue weighted by atomic mass is 79.9. The number of hydrogen-bond donors (Lipinski definition) is 1. The van der Waals surface area contributed by atoms with Crippen molar-refractivity contribution in [1.29, 1.82) is 0 Å². The molecule has 0 saturated heterocycles. The van der Waals surface area contributed by atoms with Crippen molar-refractivity contribution >= 4 is 22.2 Å². The lowest BCUT2D eigenvalue weighted by atomic mass is 10.2. The third-order valence-electron chi connectivity index (χ3n) is 2.06. The molecule has 14 heavy (non-hydrogen) atoms. The van der Waals surface area contributed by atoms with Gasteiger partial charge in [-0.05, 0) is 22.4 Å². The lowest BCUT2D eigenvalue weighted by Crippen LogP contribution is -2.14. The second kappa shape index (κ2) is 4.70. The number of carbonyl (C=O) groups excluding carboxylic acids is 1. The Labute approximate surface area is 91.1 Å². The number of nitrogens with zero attached hydrogens (tertiary/aromatic N) is 2. The van der Waals surface area contributed by atoms with Crippen molar-refractivity contribution in [2.75, 3.05) is 0 Å². The Morgan fingerprint density at radius 3 is 2.79 bits per heavy atom. The van der Waals surface area contributed by atoms with Crippen LogP contribution in [-0.4, -0.2) is 27.3 Å².